The average molecular weight is 265 g/mol. The van der Waals surface area contributed by atoms with Crippen molar-refractivity contribution in [3.05, 3.63) is 41.7 Å². The van der Waals surface area contributed by atoms with Crippen LogP contribution in [0.2, 0.25) is 0 Å². The van der Waals surface area contributed by atoms with Gasteiger partial charge in [0.05, 0.1) is 0 Å². The molecular weight excluding hydrogens is 250 g/mol. The molecular formula is C15H15N5. The van der Waals surface area contributed by atoms with Crippen LogP contribution in [0.3, 0.4) is 0 Å². The summed E-state index contributed by atoms with van der Waals surface area (Å²) in [6.07, 6.45) is 8.16. The molecule has 1 aromatic carbocycles. The van der Waals surface area contributed by atoms with Gasteiger partial charge >= 0.3 is 0 Å². The molecule has 0 unspecified atom stereocenters. The van der Waals surface area contributed by atoms with Crippen molar-refractivity contribution in [1.82, 2.24) is 9.97 Å². The minimum absolute atomic E-state index is 0.489. The number of benzene rings is 1. The van der Waals surface area contributed by atoms with Gasteiger partial charge in [-0.15, -0.1) is 0 Å². The second kappa shape index (κ2) is 5.57. The van der Waals surface area contributed by atoms with Crippen LogP contribution >= 0.6 is 0 Å². The third kappa shape index (κ3) is 2.69. The van der Waals surface area contributed by atoms with Crippen LogP contribution in [0.15, 0.2) is 30.6 Å². The highest BCUT2D eigenvalue weighted by Crippen LogP contribution is 2.25. The molecule has 0 radical (unpaired) electrons. The van der Waals surface area contributed by atoms with Gasteiger partial charge < -0.3 is 5.32 Å². The molecule has 1 aromatic heterocycles. The second-order valence-electron chi connectivity index (χ2n) is 4.84. The lowest BCUT2D eigenvalue weighted by atomic mass is 9.91. The van der Waals surface area contributed by atoms with Crippen LogP contribution in [-0.2, 0) is 12.8 Å². The molecule has 20 heavy (non-hydrogen) atoms. The van der Waals surface area contributed by atoms with Gasteiger partial charge in [0.1, 0.15) is 18.0 Å². The van der Waals surface area contributed by atoms with E-state index in [0.717, 1.165) is 12.1 Å². The summed E-state index contributed by atoms with van der Waals surface area (Å²) in [6, 6.07) is 8.16. The maximum atomic E-state index is 8.59. The van der Waals surface area contributed by atoms with E-state index in [1.165, 1.54) is 36.7 Å². The van der Waals surface area contributed by atoms with E-state index in [-0.39, 0.29) is 0 Å². The maximum absolute atomic E-state index is 8.59. The quantitative estimate of drug-likeness (QED) is 0.659. The van der Waals surface area contributed by atoms with Crippen molar-refractivity contribution < 1.29 is 0 Å². The molecule has 0 atom stereocenters. The minimum atomic E-state index is 0.489. The summed E-state index contributed by atoms with van der Waals surface area (Å²) in [6.45, 7) is 0. The molecule has 0 bridgehead atoms. The summed E-state index contributed by atoms with van der Waals surface area (Å²) in [5.74, 6) is 1.16. The molecule has 5 heteroatoms. The summed E-state index contributed by atoms with van der Waals surface area (Å²) in [5.41, 5.74) is 3.90. The van der Waals surface area contributed by atoms with Crippen molar-refractivity contribution in [3.63, 3.8) is 0 Å². The highest BCUT2D eigenvalue weighted by Gasteiger charge is 2.09. The third-order valence-corrected chi connectivity index (χ3v) is 3.47. The molecule has 0 spiro atoms. The number of nitriles is 1. The number of anilines is 3. The van der Waals surface area contributed by atoms with Crippen LogP contribution in [-0.4, -0.2) is 9.97 Å². The van der Waals surface area contributed by atoms with Crippen molar-refractivity contribution >= 4 is 17.3 Å². The monoisotopic (exact) mass is 265 g/mol. The lowest BCUT2D eigenvalue weighted by Gasteiger charge is -2.17. The first-order valence-electron chi connectivity index (χ1n) is 6.71. The summed E-state index contributed by atoms with van der Waals surface area (Å²) < 4.78 is 0. The summed E-state index contributed by atoms with van der Waals surface area (Å²) >= 11 is 0. The number of fused-ring (bicyclic) bond motifs is 1. The Bertz CT molecular complexity index is 660. The van der Waals surface area contributed by atoms with Crippen molar-refractivity contribution in [2.24, 2.45) is 0 Å². The molecule has 1 heterocycles. The van der Waals surface area contributed by atoms with Crippen LogP contribution in [0.4, 0.5) is 17.3 Å². The molecule has 0 fully saturated rings. The van der Waals surface area contributed by atoms with E-state index in [4.69, 9.17) is 5.26 Å². The highest BCUT2D eigenvalue weighted by molar-refractivity contribution is 5.61. The van der Waals surface area contributed by atoms with E-state index < -0.39 is 0 Å². The van der Waals surface area contributed by atoms with E-state index in [1.54, 1.807) is 6.07 Å². The van der Waals surface area contributed by atoms with Crippen molar-refractivity contribution in [2.75, 3.05) is 10.6 Å². The molecule has 2 N–H and O–H groups in total. The molecule has 3 rings (SSSR count). The van der Waals surface area contributed by atoms with Gasteiger partial charge in [-0.05, 0) is 48.9 Å². The van der Waals surface area contributed by atoms with Crippen molar-refractivity contribution in [2.45, 2.75) is 25.7 Å². The zero-order valence-electron chi connectivity index (χ0n) is 11.1. The number of aryl methyl sites for hydroxylation is 2. The van der Waals surface area contributed by atoms with Gasteiger partial charge in [-0.3, -0.25) is 5.32 Å². The number of nitrogens with one attached hydrogen (secondary N) is 2. The van der Waals surface area contributed by atoms with Gasteiger partial charge in [0.25, 0.3) is 0 Å². The first-order valence-corrected chi connectivity index (χ1v) is 6.71. The second-order valence-corrected chi connectivity index (χ2v) is 4.84. The predicted molar refractivity (Wildman–Crippen MR) is 77.6 cm³/mol. The van der Waals surface area contributed by atoms with Gasteiger partial charge in [0, 0.05) is 11.8 Å². The summed E-state index contributed by atoms with van der Waals surface area (Å²) in [5, 5.41) is 14.3. The summed E-state index contributed by atoms with van der Waals surface area (Å²) in [4.78, 5) is 8.11. The first-order chi connectivity index (χ1) is 9.85. The van der Waals surface area contributed by atoms with Gasteiger partial charge in [0.15, 0.2) is 6.19 Å². The summed E-state index contributed by atoms with van der Waals surface area (Å²) in [7, 11) is 0. The topological polar surface area (TPSA) is 73.6 Å². The maximum Gasteiger partial charge on any atom is 0.182 e. The predicted octanol–water partition coefficient (Wildman–Crippen LogP) is 2.99. The number of rotatable bonds is 3. The molecule has 0 saturated heterocycles. The lowest BCUT2D eigenvalue weighted by molar-refractivity contribution is 0.686. The van der Waals surface area contributed by atoms with Crippen LogP contribution in [0.25, 0.3) is 0 Å². The molecule has 100 valence electrons. The fourth-order valence-corrected chi connectivity index (χ4v) is 2.51. The Balaban J connectivity index is 1.81. The van der Waals surface area contributed by atoms with Gasteiger partial charge in [-0.1, -0.05) is 6.07 Å². The fraction of sp³-hybridized carbons (Fsp3) is 0.267. The normalized spacial score (nSPS) is 13.2. The number of aromatic nitrogens is 2. The number of hydrogen-bond donors (Lipinski definition) is 2. The van der Waals surface area contributed by atoms with Gasteiger partial charge in [-0.25, -0.2) is 9.97 Å². The zero-order valence-corrected chi connectivity index (χ0v) is 11.1. The van der Waals surface area contributed by atoms with Gasteiger partial charge in [0.2, 0.25) is 0 Å². The van der Waals surface area contributed by atoms with E-state index in [1.807, 2.05) is 6.19 Å². The lowest BCUT2D eigenvalue weighted by Crippen LogP contribution is -2.04. The average Bonchev–Trinajstić information content (AvgIpc) is 2.48. The van der Waals surface area contributed by atoms with Crippen LogP contribution in [0, 0.1) is 11.5 Å². The molecule has 2 aromatic rings. The number of nitrogens with zero attached hydrogens (tertiary/aromatic N) is 3. The first kappa shape index (κ1) is 12.4. The molecule has 0 saturated carbocycles. The third-order valence-electron chi connectivity index (χ3n) is 3.47. The highest BCUT2D eigenvalue weighted by atomic mass is 15.1. The fourth-order valence-electron chi connectivity index (χ4n) is 2.51. The Hall–Kier alpha value is -2.61. The van der Waals surface area contributed by atoms with Crippen LogP contribution in [0.5, 0.6) is 0 Å². The van der Waals surface area contributed by atoms with E-state index >= 15 is 0 Å². The molecule has 0 amide bonds. The Morgan fingerprint density at radius 3 is 2.65 bits per heavy atom. The Morgan fingerprint density at radius 2 is 1.80 bits per heavy atom. The Morgan fingerprint density at radius 1 is 1.00 bits per heavy atom. The van der Waals surface area contributed by atoms with Crippen LogP contribution in [0.1, 0.15) is 24.0 Å². The van der Waals surface area contributed by atoms with Gasteiger partial charge in [-0.2, -0.15) is 5.26 Å². The molecule has 5 nitrogen and oxygen atoms in total. The SMILES string of the molecule is N#CNc1cc(Nc2ccc3c(c2)CCCC3)ncn1. The molecule has 1 aliphatic rings. The standard InChI is InChI=1S/C15H15N5/c16-9-17-14-8-15(19-10-18-14)20-13-6-5-11-3-1-2-4-12(11)7-13/h5-8,10H,1-4H2,(H2,17,18,19,20). The number of hydrogen-bond acceptors (Lipinski definition) is 5. The van der Waals surface area contributed by atoms with Crippen molar-refractivity contribution in [3.8, 4) is 6.19 Å². The minimum Gasteiger partial charge on any atom is -0.340 e. The van der Waals surface area contributed by atoms with E-state index in [2.05, 4.69) is 38.8 Å². The molecule has 1 aliphatic carbocycles. The largest absolute Gasteiger partial charge is 0.340 e. The van der Waals surface area contributed by atoms with Crippen LogP contribution < -0.4 is 10.6 Å². The zero-order chi connectivity index (χ0) is 13.8. The Labute approximate surface area is 117 Å². The van der Waals surface area contributed by atoms with E-state index in [9.17, 15) is 0 Å². The van der Waals surface area contributed by atoms with Crippen molar-refractivity contribution in [1.29, 1.82) is 5.26 Å². The van der Waals surface area contributed by atoms with E-state index in [0.29, 0.717) is 11.6 Å². The smallest absolute Gasteiger partial charge is 0.182 e. The molecule has 0 aliphatic heterocycles. The Kier molecular flexibility index (Phi) is 3.46.